The number of hydrogen-bond acceptors (Lipinski definition) is 16. The molecule has 236 valence electrons. The molecule has 0 saturated carbocycles. The molecular formula is C25H34N5O11PS. The Morgan fingerprint density at radius 2 is 1.56 bits per heavy atom. The largest absolute Gasteiger partial charge is 0.510 e. The zero-order valence-electron chi connectivity index (χ0n) is 24.0. The van der Waals surface area contributed by atoms with Gasteiger partial charge in [0.05, 0.1) is 33.3 Å². The maximum Gasteiger partial charge on any atom is 0.510 e. The molecule has 0 aliphatic carbocycles. The molecule has 0 fully saturated rings. The van der Waals surface area contributed by atoms with Gasteiger partial charge in [-0.25, -0.2) is 19.6 Å². The maximum atomic E-state index is 13.2. The summed E-state index contributed by atoms with van der Waals surface area (Å²) < 4.78 is 54.9. The Labute approximate surface area is 252 Å². The molecule has 3 rings (SSSR count). The minimum absolute atomic E-state index is 0.0197. The number of nitrogen functional groups attached to an aromatic ring is 1. The summed E-state index contributed by atoms with van der Waals surface area (Å²) in [5.74, 6) is 0.790. The molecule has 0 atom stereocenters. The van der Waals surface area contributed by atoms with Gasteiger partial charge in [-0.15, -0.1) is 0 Å². The minimum Gasteiger partial charge on any atom is -0.497 e. The highest BCUT2D eigenvalue weighted by atomic mass is 32.2. The monoisotopic (exact) mass is 643 g/mol. The van der Waals surface area contributed by atoms with Crippen LogP contribution in [0, 0.1) is 0 Å². The topological polar surface area (TPSA) is 195 Å². The van der Waals surface area contributed by atoms with Gasteiger partial charge in [0.25, 0.3) is 0 Å². The normalized spacial score (nSPS) is 11.3. The van der Waals surface area contributed by atoms with Gasteiger partial charge in [0, 0.05) is 11.4 Å². The van der Waals surface area contributed by atoms with Gasteiger partial charge in [0.15, 0.2) is 5.65 Å². The van der Waals surface area contributed by atoms with Crippen LogP contribution in [-0.2, 0) is 43.8 Å². The van der Waals surface area contributed by atoms with E-state index in [4.69, 9.17) is 43.2 Å². The number of benzene rings is 1. The number of nitrogens with two attached hydrogens (primary N) is 1. The zero-order valence-corrected chi connectivity index (χ0v) is 25.7. The fourth-order valence-electron chi connectivity index (χ4n) is 3.14. The van der Waals surface area contributed by atoms with Gasteiger partial charge >= 0.3 is 19.9 Å². The van der Waals surface area contributed by atoms with Crippen molar-refractivity contribution in [3.63, 3.8) is 0 Å². The van der Waals surface area contributed by atoms with Crippen molar-refractivity contribution in [3.8, 4) is 5.75 Å². The molecule has 0 aliphatic heterocycles. The average molecular weight is 644 g/mol. The van der Waals surface area contributed by atoms with Crippen molar-refractivity contribution < 1.29 is 51.6 Å². The fourth-order valence-corrected chi connectivity index (χ4v) is 5.02. The Bertz CT molecular complexity index is 1350. The van der Waals surface area contributed by atoms with E-state index in [1.807, 2.05) is 38.1 Å². The van der Waals surface area contributed by atoms with Crippen LogP contribution >= 0.6 is 19.4 Å². The van der Waals surface area contributed by atoms with Crippen LogP contribution in [0.3, 0.4) is 0 Å². The van der Waals surface area contributed by atoms with E-state index in [1.165, 1.54) is 11.8 Å². The molecule has 3 aromatic rings. The van der Waals surface area contributed by atoms with Gasteiger partial charge < -0.3 is 38.7 Å². The van der Waals surface area contributed by atoms with Crippen LogP contribution in [0.25, 0.3) is 11.2 Å². The Morgan fingerprint density at radius 1 is 0.930 bits per heavy atom. The fraction of sp³-hybridized carbons (Fsp3) is 0.480. The number of carbonyl (C=O) groups excluding carboxylic acids is 2. The lowest BCUT2D eigenvalue weighted by Gasteiger charge is -2.18. The molecule has 18 heteroatoms. The summed E-state index contributed by atoms with van der Waals surface area (Å²) >= 11 is 1.37. The van der Waals surface area contributed by atoms with Crippen LogP contribution in [0.1, 0.15) is 26.7 Å². The van der Waals surface area contributed by atoms with Crippen LogP contribution in [0.4, 0.5) is 15.5 Å². The first-order valence-electron chi connectivity index (χ1n) is 13.1. The smallest absolute Gasteiger partial charge is 0.497 e. The summed E-state index contributed by atoms with van der Waals surface area (Å²) in [4.78, 5) is 37.1. The summed E-state index contributed by atoms with van der Waals surface area (Å²) in [6.07, 6.45) is 0.154. The highest BCUT2D eigenvalue weighted by Crippen LogP contribution is 2.48. The van der Waals surface area contributed by atoms with Crippen LogP contribution in [-0.4, -0.2) is 78.7 Å². The van der Waals surface area contributed by atoms with E-state index in [0.717, 1.165) is 10.6 Å². The lowest BCUT2D eigenvalue weighted by atomic mass is 10.3. The van der Waals surface area contributed by atoms with Crippen molar-refractivity contribution in [1.82, 2.24) is 19.5 Å². The molecule has 0 spiro atoms. The average Bonchev–Trinajstić information content (AvgIpc) is 3.40. The second kappa shape index (κ2) is 17.5. The van der Waals surface area contributed by atoms with E-state index in [2.05, 4.69) is 15.0 Å². The number of hydrogen-bond donors (Lipinski definition) is 1. The second-order valence-electron chi connectivity index (χ2n) is 8.40. The third-order valence-electron chi connectivity index (χ3n) is 5.15. The number of rotatable bonds is 18. The van der Waals surface area contributed by atoms with Crippen molar-refractivity contribution in [3.05, 3.63) is 30.6 Å². The second-order valence-corrected chi connectivity index (χ2v) is 11.5. The minimum atomic E-state index is -4.07. The molecule has 16 nitrogen and oxygen atoms in total. The molecule has 0 amide bonds. The Hall–Kier alpha value is -3.63. The summed E-state index contributed by atoms with van der Waals surface area (Å²) in [6.45, 7) is 2.66. The van der Waals surface area contributed by atoms with Crippen LogP contribution in [0.2, 0.25) is 0 Å². The van der Waals surface area contributed by atoms with Gasteiger partial charge in [-0.3, -0.25) is 13.6 Å². The number of carbonyl (C=O) groups is 2. The molecular weight excluding hydrogens is 609 g/mol. The van der Waals surface area contributed by atoms with Gasteiger partial charge in [0.2, 0.25) is 19.5 Å². The molecule has 0 bridgehead atoms. The quantitative estimate of drug-likeness (QED) is 0.0651. The number of aromatic nitrogens is 4. The SMILES string of the molecule is CCCOC(=O)OCOP(=O)(COCCn1cnc2c(Sc3ccc(OC)cc3)nc(N)nc21)OCOC(=O)OCCC. The van der Waals surface area contributed by atoms with Gasteiger partial charge in [-0.2, -0.15) is 4.98 Å². The Kier molecular flexibility index (Phi) is 13.8. The number of ether oxygens (including phenoxy) is 6. The predicted octanol–water partition coefficient (Wildman–Crippen LogP) is 4.81. The standard InChI is InChI=1S/C25H34N5O11PS/c1-4-11-36-24(31)38-15-40-42(33,41-16-39-25(32)37-12-5-2)17-35-13-10-30-14-27-20-21(30)28-23(26)29-22(20)43-19-8-6-18(34-3)7-9-19/h6-9,14H,4-5,10-13,15-17H2,1-3H3,(H2,26,28,29). The maximum absolute atomic E-state index is 13.2. The van der Waals surface area contributed by atoms with Crippen molar-refractivity contribution in [1.29, 1.82) is 0 Å². The lowest BCUT2D eigenvalue weighted by molar-refractivity contribution is -0.0260. The molecule has 0 saturated heterocycles. The van der Waals surface area contributed by atoms with E-state index < -0.39 is 39.8 Å². The Morgan fingerprint density at radius 3 is 2.14 bits per heavy atom. The highest BCUT2D eigenvalue weighted by molar-refractivity contribution is 7.99. The molecule has 2 aromatic heterocycles. The first-order chi connectivity index (χ1) is 20.8. The first kappa shape index (κ1) is 33.9. The van der Waals surface area contributed by atoms with Gasteiger partial charge in [-0.1, -0.05) is 25.6 Å². The predicted molar refractivity (Wildman–Crippen MR) is 153 cm³/mol. The molecule has 1 aromatic carbocycles. The third-order valence-corrected chi connectivity index (χ3v) is 7.63. The molecule has 43 heavy (non-hydrogen) atoms. The van der Waals surface area contributed by atoms with Crippen molar-refractivity contribution in [2.75, 3.05) is 52.6 Å². The summed E-state index contributed by atoms with van der Waals surface area (Å²) in [5, 5.41) is 0.563. The van der Waals surface area contributed by atoms with E-state index >= 15 is 0 Å². The summed E-state index contributed by atoms with van der Waals surface area (Å²) in [5.41, 5.74) is 6.97. The Balaban J connectivity index is 1.59. The highest BCUT2D eigenvalue weighted by Gasteiger charge is 2.27. The number of anilines is 1. The van der Waals surface area contributed by atoms with E-state index in [0.29, 0.717) is 29.0 Å². The van der Waals surface area contributed by atoms with Crippen molar-refractivity contribution >= 4 is 48.8 Å². The van der Waals surface area contributed by atoms with Crippen LogP contribution in [0.15, 0.2) is 40.5 Å². The first-order valence-corrected chi connectivity index (χ1v) is 15.7. The molecule has 2 N–H and O–H groups in total. The lowest BCUT2D eigenvalue weighted by Crippen LogP contribution is -2.15. The van der Waals surface area contributed by atoms with E-state index in [1.54, 1.807) is 18.0 Å². The van der Waals surface area contributed by atoms with Crippen molar-refractivity contribution in [2.45, 2.75) is 43.2 Å². The van der Waals surface area contributed by atoms with E-state index in [-0.39, 0.29) is 32.3 Å². The van der Waals surface area contributed by atoms with Gasteiger partial charge in [-0.05, 0) is 37.1 Å². The molecule has 2 heterocycles. The molecule has 0 unspecified atom stereocenters. The third kappa shape index (κ3) is 11.2. The zero-order chi connectivity index (χ0) is 31.1. The number of fused-ring (bicyclic) bond motifs is 1. The van der Waals surface area contributed by atoms with Crippen LogP contribution < -0.4 is 10.5 Å². The molecule has 0 radical (unpaired) electrons. The summed E-state index contributed by atoms with van der Waals surface area (Å²) in [6, 6.07) is 7.44. The van der Waals surface area contributed by atoms with E-state index in [9.17, 15) is 14.2 Å². The number of methoxy groups -OCH3 is 1. The molecule has 0 aliphatic rings. The summed E-state index contributed by atoms with van der Waals surface area (Å²) in [7, 11) is -2.48. The number of imidazole rings is 1. The van der Waals surface area contributed by atoms with Crippen molar-refractivity contribution in [2.24, 2.45) is 0 Å². The van der Waals surface area contributed by atoms with Crippen LogP contribution in [0.5, 0.6) is 5.75 Å². The number of nitrogens with zero attached hydrogens (tertiary/aromatic N) is 4. The van der Waals surface area contributed by atoms with Gasteiger partial charge in [0.1, 0.15) is 22.6 Å².